The molecule has 2 atom stereocenters. The minimum Gasteiger partial charge on any atom is -0.173 e. The van der Waals surface area contributed by atoms with Gasteiger partial charge in [0.15, 0.2) is 0 Å². The van der Waals surface area contributed by atoms with Crippen LogP contribution in [0.4, 0.5) is 0 Å². The summed E-state index contributed by atoms with van der Waals surface area (Å²) < 4.78 is 0.232. The molecule has 0 aromatic heterocycles. The highest BCUT2D eigenvalue weighted by Crippen LogP contribution is 2.36. The molecule has 0 saturated heterocycles. The first kappa shape index (κ1) is 10.4. The average Bonchev–Trinajstić information content (AvgIpc) is 1.91. The molecule has 0 aromatic carbocycles. The highest BCUT2D eigenvalue weighted by Gasteiger charge is 2.26. The lowest BCUT2D eigenvalue weighted by atomic mass is 9.76. The Bertz CT molecular complexity index is 134. The molecule has 0 bridgehead atoms. The van der Waals surface area contributed by atoms with Crippen LogP contribution in [-0.4, -0.2) is 4.75 Å². The van der Waals surface area contributed by atoms with Gasteiger partial charge in [0.2, 0.25) is 0 Å². The second-order valence-electron chi connectivity index (χ2n) is 5.04. The Hall–Kier alpha value is 0.350. The van der Waals surface area contributed by atoms with Crippen molar-refractivity contribution >= 4 is 12.6 Å². The molecular formula is C11H22S. The summed E-state index contributed by atoms with van der Waals surface area (Å²) in [6.07, 6.45) is 7.06. The fourth-order valence-corrected chi connectivity index (χ4v) is 2.57. The van der Waals surface area contributed by atoms with Gasteiger partial charge in [-0.1, -0.05) is 46.5 Å². The van der Waals surface area contributed by atoms with E-state index < -0.39 is 0 Å². The predicted octanol–water partition coefficient (Wildman–Crippen LogP) is 3.91. The van der Waals surface area contributed by atoms with Crippen LogP contribution in [-0.2, 0) is 0 Å². The topological polar surface area (TPSA) is 0 Å². The Labute approximate surface area is 82.5 Å². The van der Waals surface area contributed by atoms with Gasteiger partial charge in [-0.15, -0.1) is 0 Å². The highest BCUT2D eigenvalue weighted by molar-refractivity contribution is 7.81. The van der Waals surface area contributed by atoms with E-state index in [1.165, 1.54) is 32.1 Å². The minimum atomic E-state index is 0.232. The van der Waals surface area contributed by atoms with E-state index in [0.717, 1.165) is 11.8 Å². The fourth-order valence-electron chi connectivity index (χ4n) is 2.34. The van der Waals surface area contributed by atoms with Gasteiger partial charge >= 0.3 is 0 Å². The Morgan fingerprint density at radius 1 is 1.25 bits per heavy atom. The quantitative estimate of drug-likeness (QED) is 0.621. The molecule has 1 saturated carbocycles. The molecule has 1 aliphatic carbocycles. The molecule has 1 rings (SSSR count). The maximum atomic E-state index is 4.61. The first-order valence-corrected chi connectivity index (χ1v) is 5.66. The Morgan fingerprint density at radius 3 is 2.33 bits per heavy atom. The summed E-state index contributed by atoms with van der Waals surface area (Å²) in [5.41, 5.74) is 0. The molecule has 0 spiro atoms. The van der Waals surface area contributed by atoms with E-state index in [1.54, 1.807) is 0 Å². The molecular weight excluding hydrogens is 164 g/mol. The van der Waals surface area contributed by atoms with E-state index >= 15 is 0 Å². The van der Waals surface area contributed by atoms with Crippen LogP contribution in [0, 0.1) is 11.8 Å². The van der Waals surface area contributed by atoms with Gasteiger partial charge in [-0.05, 0) is 18.3 Å². The van der Waals surface area contributed by atoms with E-state index in [-0.39, 0.29) is 4.75 Å². The summed E-state index contributed by atoms with van der Waals surface area (Å²) in [6.45, 7) is 6.87. The van der Waals surface area contributed by atoms with Crippen molar-refractivity contribution in [3.63, 3.8) is 0 Å². The Balaban J connectivity index is 2.39. The van der Waals surface area contributed by atoms with Gasteiger partial charge in [-0.3, -0.25) is 0 Å². The standard InChI is InChI=1S/C11H22S/c1-9-6-4-5-7-10(9)8-11(2,3)12/h9-10,12H,4-8H2,1-3H3. The summed E-state index contributed by atoms with van der Waals surface area (Å²) in [7, 11) is 0. The van der Waals surface area contributed by atoms with Crippen molar-refractivity contribution in [3.05, 3.63) is 0 Å². The van der Waals surface area contributed by atoms with E-state index in [2.05, 4.69) is 33.4 Å². The van der Waals surface area contributed by atoms with Crippen molar-refractivity contribution < 1.29 is 0 Å². The maximum absolute atomic E-state index is 4.61. The largest absolute Gasteiger partial charge is 0.173 e. The van der Waals surface area contributed by atoms with Gasteiger partial charge < -0.3 is 0 Å². The lowest BCUT2D eigenvalue weighted by Gasteiger charge is -2.33. The van der Waals surface area contributed by atoms with Gasteiger partial charge in [0, 0.05) is 4.75 Å². The van der Waals surface area contributed by atoms with Crippen molar-refractivity contribution in [3.8, 4) is 0 Å². The van der Waals surface area contributed by atoms with Crippen LogP contribution in [0.2, 0.25) is 0 Å². The zero-order chi connectivity index (χ0) is 9.19. The van der Waals surface area contributed by atoms with Crippen molar-refractivity contribution in [2.45, 2.75) is 57.6 Å². The van der Waals surface area contributed by atoms with Crippen molar-refractivity contribution in [1.82, 2.24) is 0 Å². The molecule has 0 radical (unpaired) electrons. The van der Waals surface area contributed by atoms with Crippen LogP contribution in [0.25, 0.3) is 0 Å². The van der Waals surface area contributed by atoms with Crippen LogP contribution in [0.15, 0.2) is 0 Å². The zero-order valence-electron chi connectivity index (χ0n) is 8.64. The molecule has 72 valence electrons. The third kappa shape index (κ3) is 3.38. The Morgan fingerprint density at radius 2 is 1.83 bits per heavy atom. The number of thiol groups is 1. The number of rotatable bonds is 2. The molecule has 0 aliphatic heterocycles. The smallest absolute Gasteiger partial charge is 0.00759 e. The summed E-state index contributed by atoms with van der Waals surface area (Å²) in [5, 5.41) is 0. The molecule has 0 aromatic rings. The van der Waals surface area contributed by atoms with Crippen molar-refractivity contribution in [2.24, 2.45) is 11.8 Å². The molecule has 1 fully saturated rings. The van der Waals surface area contributed by atoms with Crippen LogP contribution >= 0.6 is 12.6 Å². The average molecular weight is 186 g/mol. The van der Waals surface area contributed by atoms with Gasteiger partial charge in [-0.25, -0.2) is 0 Å². The number of hydrogen-bond donors (Lipinski definition) is 1. The van der Waals surface area contributed by atoms with Crippen molar-refractivity contribution in [2.75, 3.05) is 0 Å². The second kappa shape index (κ2) is 4.04. The molecule has 0 N–H and O–H groups in total. The second-order valence-corrected chi connectivity index (χ2v) is 6.25. The summed E-state index contributed by atoms with van der Waals surface area (Å²) >= 11 is 4.61. The molecule has 0 nitrogen and oxygen atoms in total. The fraction of sp³-hybridized carbons (Fsp3) is 1.00. The first-order valence-electron chi connectivity index (χ1n) is 5.21. The third-order valence-electron chi connectivity index (χ3n) is 3.05. The van der Waals surface area contributed by atoms with Crippen molar-refractivity contribution in [1.29, 1.82) is 0 Å². The summed E-state index contributed by atoms with van der Waals surface area (Å²) in [6, 6.07) is 0. The van der Waals surface area contributed by atoms with Gasteiger partial charge in [-0.2, -0.15) is 12.6 Å². The van der Waals surface area contributed by atoms with Gasteiger partial charge in [0.25, 0.3) is 0 Å². The molecule has 0 heterocycles. The molecule has 12 heavy (non-hydrogen) atoms. The van der Waals surface area contributed by atoms with Gasteiger partial charge in [0.1, 0.15) is 0 Å². The van der Waals surface area contributed by atoms with Crippen LogP contribution < -0.4 is 0 Å². The predicted molar refractivity (Wildman–Crippen MR) is 58.8 cm³/mol. The van der Waals surface area contributed by atoms with Crippen LogP contribution in [0.3, 0.4) is 0 Å². The van der Waals surface area contributed by atoms with Crippen LogP contribution in [0.5, 0.6) is 0 Å². The lowest BCUT2D eigenvalue weighted by molar-refractivity contribution is 0.229. The first-order chi connectivity index (χ1) is 5.49. The van der Waals surface area contributed by atoms with Crippen LogP contribution in [0.1, 0.15) is 52.9 Å². The monoisotopic (exact) mass is 186 g/mol. The SMILES string of the molecule is CC1CCCCC1CC(C)(C)S. The van der Waals surface area contributed by atoms with Gasteiger partial charge in [0.05, 0.1) is 0 Å². The number of hydrogen-bond acceptors (Lipinski definition) is 1. The zero-order valence-corrected chi connectivity index (χ0v) is 9.53. The third-order valence-corrected chi connectivity index (χ3v) is 3.23. The molecule has 1 aliphatic rings. The summed E-state index contributed by atoms with van der Waals surface area (Å²) in [4.78, 5) is 0. The highest BCUT2D eigenvalue weighted by atomic mass is 32.1. The van der Waals surface area contributed by atoms with E-state index in [1.807, 2.05) is 0 Å². The Kier molecular flexibility index (Phi) is 3.51. The lowest BCUT2D eigenvalue weighted by Crippen LogP contribution is -2.24. The molecule has 2 unspecified atom stereocenters. The summed E-state index contributed by atoms with van der Waals surface area (Å²) in [5.74, 6) is 1.87. The molecule has 0 amide bonds. The minimum absolute atomic E-state index is 0.232. The van der Waals surface area contributed by atoms with E-state index in [0.29, 0.717) is 0 Å². The molecule has 1 heteroatoms. The van der Waals surface area contributed by atoms with E-state index in [4.69, 9.17) is 0 Å². The maximum Gasteiger partial charge on any atom is 0.00759 e. The van der Waals surface area contributed by atoms with E-state index in [9.17, 15) is 0 Å². The normalized spacial score (nSPS) is 32.0.